The number of benzene rings is 1. The Morgan fingerprint density at radius 2 is 1.79 bits per heavy atom. The standard InChI is InChI=1S/C13H14O5S/c1-10-4-6-12(7-5-10)19(16,17)9-3-8-18-13(15)11(2)14/h3-7,9H,8H2,1-2H3. The normalized spacial score (nSPS) is 11.5. The van der Waals surface area contributed by atoms with Crippen LogP contribution in [-0.2, 0) is 24.2 Å². The molecule has 19 heavy (non-hydrogen) atoms. The molecule has 0 atom stereocenters. The van der Waals surface area contributed by atoms with Crippen LogP contribution in [0, 0.1) is 6.92 Å². The molecule has 0 saturated heterocycles. The third-order valence-corrected chi connectivity index (χ3v) is 3.70. The van der Waals surface area contributed by atoms with Crippen molar-refractivity contribution in [3.63, 3.8) is 0 Å². The second-order valence-electron chi connectivity index (χ2n) is 3.88. The van der Waals surface area contributed by atoms with Crippen molar-refractivity contribution >= 4 is 21.6 Å². The molecule has 102 valence electrons. The van der Waals surface area contributed by atoms with Gasteiger partial charge in [0.2, 0.25) is 5.78 Å². The highest BCUT2D eigenvalue weighted by Crippen LogP contribution is 2.12. The average Bonchev–Trinajstić information content (AvgIpc) is 2.34. The first-order chi connectivity index (χ1) is 8.83. The van der Waals surface area contributed by atoms with E-state index in [4.69, 9.17) is 0 Å². The first kappa shape index (κ1) is 15.1. The number of hydrogen-bond donors (Lipinski definition) is 0. The molecule has 0 aliphatic heterocycles. The Morgan fingerprint density at radius 1 is 1.21 bits per heavy atom. The van der Waals surface area contributed by atoms with Crippen molar-refractivity contribution in [1.29, 1.82) is 0 Å². The van der Waals surface area contributed by atoms with Crippen LogP contribution in [0.15, 0.2) is 40.6 Å². The van der Waals surface area contributed by atoms with Crippen LogP contribution in [0.3, 0.4) is 0 Å². The summed E-state index contributed by atoms with van der Waals surface area (Å²) in [6.45, 7) is 2.67. The molecular formula is C13H14O5S. The number of sulfone groups is 1. The van der Waals surface area contributed by atoms with Gasteiger partial charge in [-0.2, -0.15) is 0 Å². The van der Waals surface area contributed by atoms with E-state index in [0.717, 1.165) is 17.9 Å². The molecule has 0 saturated carbocycles. The van der Waals surface area contributed by atoms with Gasteiger partial charge in [-0.05, 0) is 25.1 Å². The summed E-state index contributed by atoms with van der Waals surface area (Å²) in [7, 11) is -3.55. The van der Waals surface area contributed by atoms with E-state index in [1.807, 2.05) is 6.92 Å². The van der Waals surface area contributed by atoms with Crippen LogP contribution < -0.4 is 0 Å². The largest absolute Gasteiger partial charge is 0.456 e. The first-order valence-electron chi connectivity index (χ1n) is 5.49. The second kappa shape index (κ2) is 6.29. The highest BCUT2D eigenvalue weighted by Gasteiger charge is 2.10. The van der Waals surface area contributed by atoms with E-state index in [9.17, 15) is 18.0 Å². The third kappa shape index (κ3) is 4.67. The van der Waals surface area contributed by atoms with E-state index in [1.54, 1.807) is 12.1 Å². The van der Waals surface area contributed by atoms with Gasteiger partial charge in [0.1, 0.15) is 6.61 Å². The van der Waals surface area contributed by atoms with Crippen LogP contribution in [0.4, 0.5) is 0 Å². The predicted molar refractivity (Wildman–Crippen MR) is 69.1 cm³/mol. The molecule has 0 fully saturated rings. The number of ketones is 1. The molecule has 0 heterocycles. The molecule has 1 rings (SSSR count). The lowest BCUT2D eigenvalue weighted by atomic mass is 10.2. The van der Waals surface area contributed by atoms with Crippen LogP contribution >= 0.6 is 0 Å². The monoisotopic (exact) mass is 282 g/mol. The Morgan fingerprint density at radius 3 is 2.32 bits per heavy atom. The number of carbonyl (C=O) groups is 2. The number of rotatable bonds is 5. The van der Waals surface area contributed by atoms with E-state index < -0.39 is 21.6 Å². The molecule has 0 aromatic heterocycles. The fourth-order valence-corrected chi connectivity index (χ4v) is 2.20. The Labute approximate surface area is 111 Å². The SMILES string of the molecule is CC(=O)C(=O)OCC=CS(=O)(=O)c1ccc(C)cc1. The zero-order valence-corrected chi connectivity index (χ0v) is 11.4. The highest BCUT2D eigenvalue weighted by molar-refractivity contribution is 7.94. The van der Waals surface area contributed by atoms with Crippen molar-refractivity contribution in [1.82, 2.24) is 0 Å². The average molecular weight is 282 g/mol. The van der Waals surface area contributed by atoms with Gasteiger partial charge in [-0.25, -0.2) is 13.2 Å². The molecular weight excluding hydrogens is 268 g/mol. The number of carbonyl (C=O) groups excluding carboxylic acids is 2. The fraction of sp³-hybridized carbons (Fsp3) is 0.231. The van der Waals surface area contributed by atoms with Gasteiger partial charge in [-0.3, -0.25) is 4.79 Å². The van der Waals surface area contributed by atoms with Crippen LogP contribution in [0.25, 0.3) is 0 Å². The molecule has 5 nitrogen and oxygen atoms in total. The maximum Gasteiger partial charge on any atom is 0.374 e. The molecule has 1 aromatic rings. The minimum atomic E-state index is -3.55. The van der Waals surface area contributed by atoms with Crippen LogP contribution in [0.5, 0.6) is 0 Å². The molecule has 0 radical (unpaired) electrons. The quantitative estimate of drug-likeness (QED) is 0.603. The first-order valence-corrected chi connectivity index (χ1v) is 7.03. The summed E-state index contributed by atoms with van der Waals surface area (Å²) in [6, 6.07) is 6.38. The van der Waals surface area contributed by atoms with Gasteiger partial charge in [-0.15, -0.1) is 0 Å². The Kier molecular flexibility index (Phi) is 5.00. The van der Waals surface area contributed by atoms with Gasteiger partial charge in [-0.1, -0.05) is 17.7 Å². The van der Waals surface area contributed by atoms with Gasteiger partial charge in [0.15, 0.2) is 9.84 Å². The summed E-state index contributed by atoms with van der Waals surface area (Å²) in [5.74, 6) is -1.72. The van der Waals surface area contributed by atoms with E-state index in [1.165, 1.54) is 18.2 Å². The van der Waals surface area contributed by atoms with Crippen molar-refractivity contribution in [2.24, 2.45) is 0 Å². The Bertz CT molecular complexity index is 596. The molecule has 0 bridgehead atoms. The van der Waals surface area contributed by atoms with Gasteiger partial charge in [0, 0.05) is 12.3 Å². The number of aryl methyl sites for hydroxylation is 1. The van der Waals surface area contributed by atoms with E-state index in [2.05, 4.69) is 4.74 Å². The van der Waals surface area contributed by atoms with Crippen LogP contribution in [0.2, 0.25) is 0 Å². The number of Topliss-reactive ketones (excluding diaryl/α,β-unsaturated/α-hetero) is 1. The summed E-state index contributed by atoms with van der Waals surface area (Å²) < 4.78 is 28.2. The molecule has 0 unspecified atom stereocenters. The summed E-state index contributed by atoms with van der Waals surface area (Å²) in [5, 5.41) is 0.949. The highest BCUT2D eigenvalue weighted by atomic mass is 32.2. The number of ether oxygens (including phenoxy) is 1. The summed E-state index contributed by atoms with van der Waals surface area (Å²) >= 11 is 0. The number of hydrogen-bond acceptors (Lipinski definition) is 5. The van der Waals surface area contributed by atoms with E-state index in [0.29, 0.717) is 0 Å². The van der Waals surface area contributed by atoms with Crippen molar-refractivity contribution < 1.29 is 22.7 Å². The Hall–Kier alpha value is -1.95. The van der Waals surface area contributed by atoms with E-state index >= 15 is 0 Å². The molecule has 0 aliphatic rings. The van der Waals surface area contributed by atoms with Crippen molar-refractivity contribution in [2.75, 3.05) is 6.61 Å². The smallest absolute Gasteiger partial charge is 0.374 e. The van der Waals surface area contributed by atoms with Gasteiger partial charge in [0.25, 0.3) is 0 Å². The maximum absolute atomic E-state index is 11.8. The lowest BCUT2D eigenvalue weighted by Gasteiger charge is -2.00. The maximum atomic E-state index is 11.8. The molecule has 0 amide bonds. The van der Waals surface area contributed by atoms with Gasteiger partial charge in [0.05, 0.1) is 4.90 Å². The summed E-state index contributed by atoms with van der Waals surface area (Å²) in [5.41, 5.74) is 0.957. The second-order valence-corrected chi connectivity index (χ2v) is 5.72. The van der Waals surface area contributed by atoms with E-state index in [-0.39, 0.29) is 11.5 Å². The molecule has 0 aliphatic carbocycles. The fourth-order valence-electron chi connectivity index (χ4n) is 1.20. The zero-order chi connectivity index (χ0) is 14.5. The molecule has 0 N–H and O–H groups in total. The minimum Gasteiger partial charge on any atom is -0.456 e. The molecule has 6 heteroatoms. The summed E-state index contributed by atoms with van der Waals surface area (Å²) in [6.07, 6.45) is 1.18. The minimum absolute atomic E-state index is 0.159. The molecule has 0 spiro atoms. The topological polar surface area (TPSA) is 77.5 Å². The predicted octanol–water partition coefficient (Wildman–Crippen LogP) is 1.41. The van der Waals surface area contributed by atoms with Gasteiger partial charge >= 0.3 is 5.97 Å². The summed E-state index contributed by atoms with van der Waals surface area (Å²) in [4.78, 5) is 21.6. The van der Waals surface area contributed by atoms with Crippen molar-refractivity contribution in [3.05, 3.63) is 41.3 Å². The zero-order valence-electron chi connectivity index (χ0n) is 10.6. The third-order valence-electron chi connectivity index (χ3n) is 2.22. The van der Waals surface area contributed by atoms with Gasteiger partial charge < -0.3 is 4.74 Å². The lowest BCUT2D eigenvalue weighted by Crippen LogP contribution is -2.13. The van der Waals surface area contributed by atoms with Crippen LogP contribution in [-0.4, -0.2) is 26.8 Å². The number of esters is 1. The molecule has 1 aromatic carbocycles. The van der Waals surface area contributed by atoms with Crippen molar-refractivity contribution in [2.45, 2.75) is 18.7 Å². The van der Waals surface area contributed by atoms with Crippen molar-refractivity contribution in [3.8, 4) is 0 Å². The lowest BCUT2D eigenvalue weighted by molar-refractivity contribution is -0.151. The van der Waals surface area contributed by atoms with Crippen LogP contribution in [0.1, 0.15) is 12.5 Å². The Balaban J connectivity index is 2.67.